The molecule has 0 saturated carbocycles. The second-order valence-corrected chi connectivity index (χ2v) is 2.74. The van der Waals surface area contributed by atoms with E-state index in [-0.39, 0.29) is 24.6 Å². The Morgan fingerprint density at radius 2 is 2.31 bits per heavy atom. The molecule has 1 aliphatic rings. The maximum atomic E-state index is 10.5. The van der Waals surface area contributed by atoms with Gasteiger partial charge < -0.3 is 15.2 Å². The Kier molecular flexibility index (Phi) is 3.15. The first-order valence-corrected chi connectivity index (χ1v) is 3.77. The number of hydrogen-bond acceptors (Lipinski definition) is 4. The molecule has 0 spiro atoms. The number of aromatic carboxylic acids is 1. The van der Waals surface area contributed by atoms with Crippen molar-refractivity contribution in [3.05, 3.63) is 17.0 Å². The van der Waals surface area contributed by atoms with Crippen molar-refractivity contribution in [3.8, 4) is 0 Å². The Morgan fingerprint density at radius 3 is 3.00 bits per heavy atom. The first-order valence-electron chi connectivity index (χ1n) is 3.77. The van der Waals surface area contributed by atoms with E-state index in [1.165, 1.54) is 0 Å². The zero-order valence-electron chi connectivity index (χ0n) is 7.39. The molecule has 0 aromatic carbocycles. The summed E-state index contributed by atoms with van der Waals surface area (Å²) in [5.41, 5.74) is 1.69. The number of aromatic amines is 1. The molecule has 13 heavy (non-hydrogen) atoms. The van der Waals surface area contributed by atoms with Gasteiger partial charge in [0.05, 0.1) is 5.97 Å². The van der Waals surface area contributed by atoms with Crippen molar-refractivity contribution >= 4 is 5.97 Å². The monoisotopic (exact) mass is 173 g/mol. The van der Waals surface area contributed by atoms with Gasteiger partial charge in [0.25, 0.3) is 0 Å². The minimum absolute atomic E-state index is 0. The molecule has 0 radical (unpaired) electrons. The minimum Gasteiger partial charge on any atom is -0.543 e. The molecule has 1 aromatic heterocycles. The van der Waals surface area contributed by atoms with Crippen molar-refractivity contribution in [3.63, 3.8) is 0 Å². The number of nitrogens with one attached hydrogen (secondary N) is 2. The summed E-state index contributed by atoms with van der Waals surface area (Å²) in [5.74, 6) is -1.21. The summed E-state index contributed by atoms with van der Waals surface area (Å²) in [7, 11) is 0. The summed E-state index contributed by atoms with van der Waals surface area (Å²) in [6, 6.07) is 0. The number of rotatable bonds is 1. The van der Waals surface area contributed by atoms with Gasteiger partial charge in [-0.25, -0.2) is 0 Å². The summed E-state index contributed by atoms with van der Waals surface area (Å²) in [6.07, 6.45) is 0.801. The standard InChI is InChI=1S/C7H9N3O2.Li/c11-7(12)6-4-3-8-2-1-5(4)9-10-6;/h8H,1-3H2,(H,9,10)(H,11,12);/q;+1/p-1. The SMILES string of the molecule is O=C([O-])c1n[nH]c2c1CNCC2.[Li+]. The van der Waals surface area contributed by atoms with Crippen molar-refractivity contribution in [1.82, 2.24) is 15.5 Å². The van der Waals surface area contributed by atoms with E-state index in [1.54, 1.807) is 0 Å². The summed E-state index contributed by atoms with van der Waals surface area (Å²) < 4.78 is 0. The van der Waals surface area contributed by atoms with E-state index in [0.717, 1.165) is 24.2 Å². The maximum absolute atomic E-state index is 10.5. The Bertz CT molecular complexity index is 324. The molecule has 2 N–H and O–H groups in total. The van der Waals surface area contributed by atoms with Gasteiger partial charge in [-0.2, -0.15) is 5.10 Å². The van der Waals surface area contributed by atoms with Crippen LogP contribution in [0.1, 0.15) is 21.7 Å². The van der Waals surface area contributed by atoms with Gasteiger partial charge in [-0.05, 0) is 0 Å². The van der Waals surface area contributed by atoms with Crippen LogP contribution in [0.5, 0.6) is 0 Å². The third-order valence-corrected chi connectivity index (χ3v) is 2.00. The molecule has 2 rings (SSSR count). The van der Waals surface area contributed by atoms with Crippen LogP contribution in [0.2, 0.25) is 0 Å². The summed E-state index contributed by atoms with van der Waals surface area (Å²) in [5, 5.41) is 20.0. The molecule has 0 amide bonds. The molecule has 0 saturated heterocycles. The van der Waals surface area contributed by atoms with Gasteiger partial charge >= 0.3 is 18.9 Å². The molecule has 1 aromatic rings. The van der Waals surface area contributed by atoms with E-state index in [1.807, 2.05) is 0 Å². The van der Waals surface area contributed by atoms with Crippen LogP contribution in [-0.2, 0) is 13.0 Å². The zero-order chi connectivity index (χ0) is 8.55. The quantitative estimate of drug-likeness (QED) is 0.419. The third kappa shape index (κ3) is 1.78. The predicted molar refractivity (Wildman–Crippen MR) is 38.3 cm³/mol. The number of carbonyl (C=O) groups is 1. The van der Waals surface area contributed by atoms with Crippen LogP contribution in [0.15, 0.2) is 0 Å². The van der Waals surface area contributed by atoms with Gasteiger partial charge in [-0.15, -0.1) is 0 Å². The van der Waals surface area contributed by atoms with Crippen LogP contribution in [0.3, 0.4) is 0 Å². The second-order valence-electron chi connectivity index (χ2n) is 2.74. The molecule has 2 heterocycles. The molecule has 0 aliphatic carbocycles. The molecular weight excluding hydrogens is 165 g/mol. The second kappa shape index (κ2) is 3.96. The number of H-pyrrole nitrogens is 1. The fourth-order valence-corrected chi connectivity index (χ4v) is 1.39. The number of carboxylic acids is 1. The third-order valence-electron chi connectivity index (χ3n) is 2.00. The first-order chi connectivity index (χ1) is 5.79. The van der Waals surface area contributed by atoms with Gasteiger partial charge in [-0.1, -0.05) is 0 Å². The van der Waals surface area contributed by atoms with E-state index < -0.39 is 5.97 Å². The van der Waals surface area contributed by atoms with E-state index >= 15 is 0 Å². The van der Waals surface area contributed by atoms with Crippen LogP contribution in [-0.4, -0.2) is 22.7 Å². The number of hydrogen-bond donors (Lipinski definition) is 2. The molecule has 5 nitrogen and oxygen atoms in total. The number of nitrogens with zero attached hydrogens (tertiary/aromatic N) is 1. The molecule has 0 bridgehead atoms. The Hall–Kier alpha value is -0.763. The molecular formula is C7H8LiN3O2. The van der Waals surface area contributed by atoms with Crippen molar-refractivity contribution < 1.29 is 28.8 Å². The van der Waals surface area contributed by atoms with E-state index in [0.29, 0.717) is 6.54 Å². The molecule has 1 aliphatic heterocycles. The fraction of sp³-hybridized carbons (Fsp3) is 0.429. The molecule has 6 heteroatoms. The van der Waals surface area contributed by atoms with Gasteiger partial charge in [0.2, 0.25) is 0 Å². The van der Waals surface area contributed by atoms with Gasteiger partial charge in [0.15, 0.2) is 0 Å². The van der Waals surface area contributed by atoms with Gasteiger partial charge in [0, 0.05) is 30.8 Å². The first kappa shape index (κ1) is 10.3. The summed E-state index contributed by atoms with van der Waals surface area (Å²) >= 11 is 0. The summed E-state index contributed by atoms with van der Waals surface area (Å²) in [4.78, 5) is 10.5. The van der Waals surface area contributed by atoms with Crippen molar-refractivity contribution in [1.29, 1.82) is 0 Å². The van der Waals surface area contributed by atoms with Gasteiger partial charge in [0.1, 0.15) is 5.69 Å². The molecule has 64 valence electrons. The van der Waals surface area contributed by atoms with E-state index in [2.05, 4.69) is 15.5 Å². The van der Waals surface area contributed by atoms with E-state index in [4.69, 9.17) is 0 Å². The smallest absolute Gasteiger partial charge is 0.543 e. The van der Waals surface area contributed by atoms with Crippen LogP contribution in [0, 0.1) is 0 Å². The molecule has 0 atom stereocenters. The van der Waals surface area contributed by atoms with Crippen molar-refractivity contribution in [2.45, 2.75) is 13.0 Å². The van der Waals surface area contributed by atoms with Crippen molar-refractivity contribution in [2.24, 2.45) is 0 Å². The Balaban J connectivity index is 0.000000845. The number of carbonyl (C=O) groups excluding carboxylic acids is 1. The maximum Gasteiger partial charge on any atom is 1.00 e. The number of carboxylic acid groups (broad SMARTS) is 1. The number of aromatic nitrogens is 2. The Labute approximate surface area is 87.1 Å². The normalized spacial score (nSPS) is 14.5. The minimum atomic E-state index is -1.21. The predicted octanol–water partition coefficient (Wildman–Crippen LogP) is -4.58. The van der Waals surface area contributed by atoms with Crippen molar-refractivity contribution in [2.75, 3.05) is 6.54 Å². The van der Waals surface area contributed by atoms with Crippen LogP contribution >= 0.6 is 0 Å². The summed E-state index contributed by atoms with van der Waals surface area (Å²) in [6.45, 7) is 1.43. The number of fused-ring (bicyclic) bond motifs is 1. The van der Waals surface area contributed by atoms with Crippen LogP contribution in [0.25, 0.3) is 0 Å². The molecule has 0 unspecified atom stereocenters. The van der Waals surface area contributed by atoms with E-state index in [9.17, 15) is 9.90 Å². The topological polar surface area (TPSA) is 80.8 Å². The van der Waals surface area contributed by atoms with Crippen LogP contribution < -0.4 is 29.3 Å². The zero-order valence-corrected chi connectivity index (χ0v) is 7.39. The van der Waals surface area contributed by atoms with Crippen LogP contribution in [0.4, 0.5) is 0 Å². The molecule has 0 fully saturated rings. The average molecular weight is 173 g/mol. The Morgan fingerprint density at radius 1 is 1.54 bits per heavy atom. The average Bonchev–Trinajstić information content (AvgIpc) is 2.47. The largest absolute Gasteiger partial charge is 1.00 e. The van der Waals surface area contributed by atoms with Gasteiger partial charge in [-0.3, -0.25) is 5.10 Å². The fourth-order valence-electron chi connectivity index (χ4n) is 1.39.